The molecule has 1 heterocycles. The molecule has 0 aromatic heterocycles. The Labute approximate surface area is 458 Å². The molecule has 75 heavy (non-hydrogen) atoms. The van der Waals surface area contributed by atoms with Gasteiger partial charge in [0.15, 0.2) is 0 Å². The van der Waals surface area contributed by atoms with Crippen LogP contribution in [-0.4, -0.2) is 94.8 Å². The first kappa shape index (κ1) is 64.7. The van der Waals surface area contributed by atoms with Gasteiger partial charge < -0.3 is 38.4 Å². The number of esters is 4. The Bertz CT molecular complexity index is 1680. The van der Waals surface area contributed by atoms with Crippen molar-refractivity contribution >= 4 is 38.4 Å². The van der Waals surface area contributed by atoms with Crippen molar-refractivity contribution in [3.63, 3.8) is 0 Å². The summed E-state index contributed by atoms with van der Waals surface area (Å²) in [5.41, 5.74) is 0. The lowest BCUT2D eigenvalue weighted by Crippen LogP contribution is -2.17. The van der Waals surface area contributed by atoms with Crippen molar-refractivity contribution in [2.75, 3.05) is 46.2 Å². The van der Waals surface area contributed by atoms with E-state index in [9.17, 15) is 19.2 Å². The van der Waals surface area contributed by atoms with Gasteiger partial charge >= 0.3 is 38.4 Å². The number of cyclic esters (lactones) is 1. The summed E-state index contributed by atoms with van der Waals surface area (Å²) in [4.78, 5) is 45.6. The van der Waals surface area contributed by atoms with Crippen LogP contribution >= 0.6 is 0 Å². The number of ether oxygens (including phenoxy) is 4. The Balaban J connectivity index is 0.000000220. The molecule has 8 aliphatic carbocycles. The molecule has 8 bridgehead atoms. The highest BCUT2D eigenvalue weighted by Crippen LogP contribution is 2.46. The maximum atomic E-state index is 11.8. The molecule has 9 rings (SSSR count). The zero-order chi connectivity index (χ0) is 52.8. The molecule has 5 N–H and O–H groups in total. The molecule has 12 unspecified atom stereocenters. The molecule has 1 aliphatic heterocycles. The Morgan fingerprint density at radius 2 is 0.960 bits per heavy atom. The van der Waals surface area contributed by atoms with E-state index in [1.807, 2.05) is 0 Å². The molecule has 0 spiro atoms. The summed E-state index contributed by atoms with van der Waals surface area (Å²) < 4.78 is 26.7. The van der Waals surface area contributed by atoms with Crippen molar-refractivity contribution in [1.82, 2.24) is 0 Å². The molecule has 1 saturated heterocycles. The molecule has 0 radical (unpaired) electrons. The molecule has 4 saturated carbocycles. The first-order valence-corrected chi connectivity index (χ1v) is 32.4. The van der Waals surface area contributed by atoms with Gasteiger partial charge in [-0.3, -0.25) is 19.2 Å². The fourth-order valence-corrected chi connectivity index (χ4v) is 14.4. The number of allylic oxidation sites excluding steroid dienone is 8. The van der Waals surface area contributed by atoms with Crippen LogP contribution in [0.3, 0.4) is 0 Å². The van der Waals surface area contributed by atoms with Gasteiger partial charge in [0.2, 0.25) is 0 Å². The lowest BCUT2D eigenvalue weighted by Gasteiger charge is -2.17. The second-order valence-electron chi connectivity index (χ2n) is 23.2. The second-order valence-corrected chi connectivity index (χ2v) is 26.4. The number of aliphatic hydroxyl groups is 2. The molecule has 0 aromatic rings. The number of fused-ring (bicyclic) bond motifs is 8. The summed E-state index contributed by atoms with van der Waals surface area (Å²) in [5.74, 6) is 8.71. The number of carbonyl (C=O) groups excluding carboxylic acids is 4. The molecule has 12 nitrogen and oxygen atoms in total. The van der Waals surface area contributed by atoms with Gasteiger partial charge in [0, 0.05) is 45.5 Å². The molecular weight excluding hydrogens is 964 g/mol. The number of aliphatic hydroxyl groups excluding tert-OH is 2. The highest BCUT2D eigenvalue weighted by Gasteiger charge is 2.38. The van der Waals surface area contributed by atoms with Gasteiger partial charge in [0.05, 0.1) is 26.4 Å². The van der Waals surface area contributed by atoms with E-state index in [0.717, 1.165) is 126 Å². The van der Waals surface area contributed by atoms with E-state index >= 15 is 0 Å². The third kappa shape index (κ3) is 24.8. The molecule has 5 fully saturated rings. The van der Waals surface area contributed by atoms with Crippen molar-refractivity contribution in [2.45, 2.75) is 198 Å². The monoisotopic (exact) mass is 1070 g/mol. The molecule has 9 aliphatic rings. The summed E-state index contributed by atoms with van der Waals surface area (Å²) in [5, 5.41) is 20.0. The van der Waals surface area contributed by atoms with Crippen molar-refractivity contribution < 1.29 is 57.6 Å². The van der Waals surface area contributed by atoms with E-state index in [0.29, 0.717) is 94.2 Å². The molecule has 426 valence electrons. The summed E-state index contributed by atoms with van der Waals surface area (Å²) >= 11 is -0.891. The fraction of sp³-hybridized carbons (Fsp3) is 0.806. The number of unbranched alkanes of at least 4 members (excludes halogenated alkanes) is 7. The van der Waals surface area contributed by atoms with Crippen LogP contribution in [0.5, 0.6) is 0 Å². The number of hydrogen-bond acceptors (Lipinski definition) is 11. The predicted octanol–water partition coefficient (Wildman–Crippen LogP) is 12.1. The van der Waals surface area contributed by atoms with Crippen molar-refractivity contribution in [3.8, 4) is 0 Å². The summed E-state index contributed by atoms with van der Waals surface area (Å²) in [6.07, 6.45) is 44.8. The van der Waals surface area contributed by atoms with Crippen LogP contribution in [0.15, 0.2) is 48.6 Å². The van der Waals surface area contributed by atoms with Gasteiger partial charge in [-0.2, -0.15) is 0 Å². The summed E-state index contributed by atoms with van der Waals surface area (Å²) in [6, 6.07) is 0. The van der Waals surface area contributed by atoms with E-state index in [2.05, 4.69) is 69.4 Å². The normalized spacial score (nSPS) is 29.1. The Morgan fingerprint density at radius 1 is 0.520 bits per heavy atom. The Kier molecular flexibility index (Phi) is 32.7. The van der Waals surface area contributed by atoms with Crippen molar-refractivity contribution in [1.29, 1.82) is 0 Å². The van der Waals surface area contributed by atoms with Crippen LogP contribution in [-0.2, 0) is 47.4 Å². The first-order chi connectivity index (χ1) is 36.1. The zero-order valence-corrected chi connectivity index (χ0v) is 48.2. The van der Waals surface area contributed by atoms with Crippen LogP contribution in [0.1, 0.15) is 188 Å². The van der Waals surface area contributed by atoms with Gasteiger partial charge in [0.25, 0.3) is 0 Å². The second kappa shape index (κ2) is 37.9. The van der Waals surface area contributed by atoms with Crippen LogP contribution in [0.4, 0.5) is 0 Å². The maximum Gasteiger partial charge on any atom is 0.460 e. The molecular formula is C62H104AlO12+. The quantitative estimate of drug-likeness (QED) is 0.0199. The van der Waals surface area contributed by atoms with Crippen LogP contribution in [0, 0.1) is 71.0 Å². The third-order valence-electron chi connectivity index (χ3n) is 17.5. The number of carbonyl (C=O) groups is 4. The average molecular weight is 1070 g/mol. The van der Waals surface area contributed by atoms with E-state index < -0.39 is 14.5 Å². The highest BCUT2D eigenvalue weighted by atomic mass is 27.2. The van der Waals surface area contributed by atoms with E-state index in [-0.39, 0.29) is 36.0 Å². The number of hydrogen-bond donors (Lipinski definition) is 2. The average Bonchev–Trinajstić information content (AvgIpc) is 4.31. The molecule has 13 heteroatoms. The standard InChI is InChI=1S/C21H34O5.C14H21O3.C9H14.C8H12O.C6H10O2.2C2H5.Al.H2O/c22-12-6-2-1-4-8-20(23)25-13-7-3-5-9-21(24)26-16-19-15-17-10-11-18(19)14-17;15-7-3-1-2-4-14(16)17-10-13-9-11-5-6-12(13)8-11;1-2-8-5-7-3-4-9(8)6-7;9-5-8-4-6-1-2-7(8)3-6;7-6-4-2-1-3-5-8-6;2*1-2;;/h10-11,17-19,22H,1-9,12-16H2;5-6,11-13H,1-4,7-10H2;3-4,7-9H,2,5-6H2,1H3;1-2,6-9H,3-5H2;1-5H2;2*1H2,2H3;;1H2/q;-1;;;;;;+1;/p+1. The minimum absolute atomic E-state index is 0. The Hall–Kier alpha value is -2.79. The smallest absolute Gasteiger partial charge is 0.460 e. The van der Waals surface area contributed by atoms with E-state index in [4.69, 9.17) is 32.9 Å². The SMILES string of the molecule is CCC1CC2C=CC1C2.C[CH2][Al]([CH2]C)[O]CCCCCC(=O)OCC1CC2C=CC1C2.O=C(CCCCCCO)OCCCCCC(=O)OCC1CC2C=CC1C2.O=C1CCCCCO1.OCC1CC2C=CC1C2.[OH3+]. The number of rotatable bonds is 27. The van der Waals surface area contributed by atoms with Gasteiger partial charge in [-0.05, 0) is 187 Å². The predicted molar refractivity (Wildman–Crippen MR) is 300 cm³/mol. The van der Waals surface area contributed by atoms with E-state index in [1.54, 1.807) is 0 Å². The van der Waals surface area contributed by atoms with Crippen LogP contribution in [0.25, 0.3) is 0 Å². The van der Waals surface area contributed by atoms with E-state index in [1.165, 1.54) is 68.4 Å². The van der Waals surface area contributed by atoms with Crippen molar-refractivity contribution in [3.05, 3.63) is 48.6 Å². The van der Waals surface area contributed by atoms with Gasteiger partial charge in [-0.15, -0.1) is 0 Å². The molecule has 0 amide bonds. The molecule has 12 atom stereocenters. The molecule has 0 aromatic carbocycles. The minimum Gasteiger partial charge on any atom is -0.501 e. The van der Waals surface area contributed by atoms with Gasteiger partial charge in [0.1, 0.15) is 0 Å². The topological polar surface area (TPSA) is 188 Å². The highest BCUT2D eigenvalue weighted by molar-refractivity contribution is 6.51. The van der Waals surface area contributed by atoms with Crippen molar-refractivity contribution in [2.24, 2.45) is 71.0 Å². The van der Waals surface area contributed by atoms with Crippen LogP contribution < -0.4 is 0 Å². The zero-order valence-electron chi connectivity index (χ0n) is 47.0. The lowest BCUT2D eigenvalue weighted by atomic mass is 9.91. The largest absolute Gasteiger partial charge is 0.501 e. The summed E-state index contributed by atoms with van der Waals surface area (Å²) in [6.45, 7) is 10.5. The lowest BCUT2D eigenvalue weighted by molar-refractivity contribution is -0.146. The fourth-order valence-electron chi connectivity index (χ4n) is 12.9. The minimum atomic E-state index is -0.891. The van der Waals surface area contributed by atoms with Crippen LogP contribution in [0.2, 0.25) is 10.6 Å². The first-order valence-electron chi connectivity index (χ1n) is 30.3. The summed E-state index contributed by atoms with van der Waals surface area (Å²) in [7, 11) is 0. The van der Waals surface area contributed by atoms with Gasteiger partial charge in [-0.25, -0.2) is 0 Å². The Morgan fingerprint density at radius 3 is 1.36 bits per heavy atom. The van der Waals surface area contributed by atoms with Gasteiger partial charge in [-0.1, -0.05) is 106 Å². The third-order valence-corrected chi connectivity index (χ3v) is 20.0. The maximum absolute atomic E-state index is 11.8.